The number of benzene rings is 2. The van der Waals surface area contributed by atoms with Crippen molar-refractivity contribution in [2.24, 2.45) is 0 Å². The molecule has 2 aliphatic heterocycles. The Morgan fingerprint density at radius 2 is 1.89 bits per heavy atom. The van der Waals surface area contributed by atoms with E-state index in [-0.39, 0.29) is 27.8 Å². The lowest BCUT2D eigenvalue weighted by molar-refractivity contribution is -0.132. The molecule has 1 saturated heterocycles. The maximum Gasteiger partial charge on any atom is 0.350 e. The molecule has 1 atom stereocenters. The summed E-state index contributed by atoms with van der Waals surface area (Å²) in [4.78, 5) is 45.2. The zero-order chi connectivity index (χ0) is 27.0. The highest BCUT2D eigenvalue weighted by Gasteiger charge is 2.49. The number of thiazole rings is 1. The van der Waals surface area contributed by atoms with E-state index in [4.69, 9.17) is 18.9 Å². The molecule has 1 unspecified atom stereocenters. The van der Waals surface area contributed by atoms with Gasteiger partial charge in [-0.2, -0.15) is 0 Å². The number of aryl methyl sites for hydroxylation is 1. The highest BCUT2D eigenvalue weighted by atomic mass is 32.1. The number of nitrogens with zero attached hydrogens (tertiary/aromatic N) is 2. The first-order valence-electron chi connectivity index (χ1n) is 11.8. The minimum atomic E-state index is -1.08. The number of aromatic nitrogens is 1. The number of ketones is 1. The Hall–Kier alpha value is -4.38. The molecule has 196 valence electrons. The number of carbonyl (C=O) groups excluding carboxylic acids is 3. The number of carbonyl (C=O) groups is 3. The Labute approximate surface area is 222 Å². The molecule has 0 saturated carbocycles. The van der Waals surface area contributed by atoms with Crippen molar-refractivity contribution < 1.29 is 38.4 Å². The molecule has 11 heteroatoms. The monoisotopic (exact) mass is 536 g/mol. The molecule has 38 heavy (non-hydrogen) atoms. The van der Waals surface area contributed by atoms with Crippen LogP contribution >= 0.6 is 11.3 Å². The zero-order valence-corrected chi connectivity index (χ0v) is 21.7. The van der Waals surface area contributed by atoms with Gasteiger partial charge in [0.15, 0.2) is 16.6 Å². The molecule has 2 aliphatic rings. The summed E-state index contributed by atoms with van der Waals surface area (Å²) in [7, 11) is 1.47. The van der Waals surface area contributed by atoms with Gasteiger partial charge < -0.3 is 24.1 Å². The third-order valence-corrected chi connectivity index (χ3v) is 7.28. The van der Waals surface area contributed by atoms with E-state index in [1.807, 2.05) is 0 Å². The number of esters is 1. The summed E-state index contributed by atoms with van der Waals surface area (Å²) in [5, 5.41) is 11.6. The van der Waals surface area contributed by atoms with Crippen LogP contribution in [0.5, 0.6) is 17.2 Å². The molecule has 10 nitrogen and oxygen atoms in total. The average Bonchev–Trinajstić information content (AvgIpc) is 3.44. The predicted octanol–water partition coefficient (Wildman–Crippen LogP) is 4.03. The third kappa shape index (κ3) is 4.24. The molecule has 2 aromatic carbocycles. The van der Waals surface area contributed by atoms with Crippen LogP contribution in [0, 0.1) is 6.92 Å². The number of aliphatic hydroxyl groups excluding tert-OH is 1. The number of methoxy groups -OCH3 is 1. The molecule has 1 fully saturated rings. The summed E-state index contributed by atoms with van der Waals surface area (Å²) in [6.07, 6.45) is 0. The number of hydrogen-bond donors (Lipinski definition) is 1. The Balaban J connectivity index is 1.70. The molecule has 0 aliphatic carbocycles. The SMILES string of the molecule is CCOC(=O)c1sc(N2C(=O)C(=O)/C(=C(/O)c3ccc4c(c3)OCCO4)C2c2ccccc2OC)nc1C. The number of hydrogen-bond acceptors (Lipinski definition) is 10. The lowest BCUT2D eigenvalue weighted by Gasteiger charge is -2.24. The van der Waals surface area contributed by atoms with E-state index in [0.29, 0.717) is 41.7 Å². The third-order valence-electron chi connectivity index (χ3n) is 6.15. The fraction of sp³-hybridized carbons (Fsp3) is 0.259. The van der Waals surface area contributed by atoms with E-state index >= 15 is 0 Å². The van der Waals surface area contributed by atoms with E-state index in [2.05, 4.69) is 4.98 Å². The lowest BCUT2D eigenvalue weighted by Crippen LogP contribution is -2.29. The molecular formula is C27H24N2O8S. The first kappa shape index (κ1) is 25.3. The molecule has 0 spiro atoms. The number of para-hydroxylation sites is 1. The Morgan fingerprint density at radius 1 is 1.16 bits per heavy atom. The highest BCUT2D eigenvalue weighted by molar-refractivity contribution is 7.17. The number of ether oxygens (including phenoxy) is 4. The maximum absolute atomic E-state index is 13.5. The van der Waals surface area contributed by atoms with Gasteiger partial charge >= 0.3 is 11.9 Å². The summed E-state index contributed by atoms with van der Waals surface area (Å²) in [6.45, 7) is 4.23. The number of amides is 1. The van der Waals surface area contributed by atoms with Crippen molar-refractivity contribution in [2.75, 3.05) is 31.8 Å². The summed E-state index contributed by atoms with van der Waals surface area (Å²) in [5.41, 5.74) is 0.936. The van der Waals surface area contributed by atoms with E-state index in [9.17, 15) is 19.5 Å². The van der Waals surface area contributed by atoms with Crippen LogP contribution in [0.4, 0.5) is 5.13 Å². The number of aliphatic hydroxyl groups is 1. The summed E-state index contributed by atoms with van der Waals surface area (Å²) < 4.78 is 21.8. The first-order valence-corrected chi connectivity index (χ1v) is 12.7. The van der Waals surface area contributed by atoms with Crippen LogP contribution in [0.15, 0.2) is 48.0 Å². The van der Waals surface area contributed by atoms with E-state index in [0.717, 1.165) is 11.3 Å². The minimum Gasteiger partial charge on any atom is -0.507 e. The second kappa shape index (κ2) is 10.2. The van der Waals surface area contributed by atoms with E-state index in [1.54, 1.807) is 56.3 Å². The highest BCUT2D eigenvalue weighted by Crippen LogP contribution is 2.46. The van der Waals surface area contributed by atoms with Crippen molar-refractivity contribution in [3.05, 3.63) is 69.7 Å². The van der Waals surface area contributed by atoms with Gasteiger partial charge in [0.05, 0.1) is 25.0 Å². The van der Waals surface area contributed by atoms with Gasteiger partial charge in [-0.1, -0.05) is 29.5 Å². The van der Waals surface area contributed by atoms with Crippen LogP contribution in [0.1, 0.15) is 39.5 Å². The van der Waals surface area contributed by atoms with Crippen LogP contribution in [0.2, 0.25) is 0 Å². The number of fused-ring (bicyclic) bond motifs is 1. The largest absolute Gasteiger partial charge is 0.507 e. The first-order chi connectivity index (χ1) is 18.3. The van der Waals surface area contributed by atoms with Gasteiger partial charge in [0, 0.05) is 11.1 Å². The van der Waals surface area contributed by atoms with Crippen molar-refractivity contribution in [1.82, 2.24) is 4.98 Å². The Morgan fingerprint density at radius 3 is 2.63 bits per heavy atom. The number of rotatable bonds is 6. The van der Waals surface area contributed by atoms with Crippen LogP contribution in [0.3, 0.4) is 0 Å². The van der Waals surface area contributed by atoms with Gasteiger partial charge in [-0.15, -0.1) is 0 Å². The standard InChI is InChI=1S/C27H24N2O8S/c1-4-35-26(33)24-14(2)28-27(38-24)29-21(16-7-5-6-8-17(16)34-3)20(23(31)25(29)32)22(30)15-9-10-18-19(13-15)37-12-11-36-18/h5-10,13,21,30H,4,11-12H2,1-3H3/b22-20+. The molecule has 1 N–H and O–H groups in total. The zero-order valence-electron chi connectivity index (χ0n) is 20.8. The van der Waals surface area contributed by atoms with Crippen LogP contribution in [-0.2, 0) is 14.3 Å². The minimum absolute atomic E-state index is 0.116. The molecule has 1 aromatic heterocycles. The average molecular weight is 537 g/mol. The molecule has 1 amide bonds. The topological polar surface area (TPSA) is 124 Å². The lowest BCUT2D eigenvalue weighted by atomic mass is 9.94. The predicted molar refractivity (Wildman–Crippen MR) is 138 cm³/mol. The molecule has 3 aromatic rings. The van der Waals surface area contributed by atoms with Crippen molar-refractivity contribution in [3.63, 3.8) is 0 Å². The molecule has 0 bridgehead atoms. The van der Waals surface area contributed by atoms with Crippen molar-refractivity contribution in [1.29, 1.82) is 0 Å². The van der Waals surface area contributed by atoms with Crippen LogP contribution in [-0.4, -0.2) is 54.7 Å². The summed E-state index contributed by atoms with van der Waals surface area (Å²) in [5.74, 6) is -1.44. The van der Waals surface area contributed by atoms with Gasteiger partial charge in [0.2, 0.25) is 0 Å². The van der Waals surface area contributed by atoms with E-state index in [1.165, 1.54) is 12.0 Å². The van der Waals surface area contributed by atoms with Gasteiger partial charge in [0.25, 0.3) is 5.78 Å². The fourth-order valence-corrected chi connectivity index (χ4v) is 5.42. The molecule has 5 rings (SSSR count). The van der Waals surface area contributed by atoms with Gasteiger partial charge in [0.1, 0.15) is 35.6 Å². The molecule has 3 heterocycles. The number of Topliss-reactive ketones (excluding diaryl/α,β-unsaturated/α-hetero) is 1. The van der Waals surface area contributed by atoms with Crippen molar-refractivity contribution >= 4 is 39.9 Å². The van der Waals surface area contributed by atoms with Gasteiger partial charge in [-0.05, 0) is 38.1 Å². The normalized spacial score (nSPS) is 18.0. The van der Waals surface area contributed by atoms with Crippen LogP contribution < -0.4 is 19.1 Å². The van der Waals surface area contributed by atoms with Crippen LogP contribution in [0.25, 0.3) is 5.76 Å². The van der Waals surface area contributed by atoms with Gasteiger partial charge in [-0.25, -0.2) is 9.78 Å². The maximum atomic E-state index is 13.5. The van der Waals surface area contributed by atoms with Gasteiger partial charge in [-0.3, -0.25) is 14.5 Å². The Bertz CT molecular complexity index is 1480. The second-order valence-corrected chi connectivity index (χ2v) is 9.38. The molecule has 0 radical (unpaired) electrons. The number of anilines is 1. The summed E-state index contributed by atoms with van der Waals surface area (Å²) in [6, 6.07) is 10.6. The quantitative estimate of drug-likeness (QED) is 0.215. The summed E-state index contributed by atoms with van der Waals surface area (Å²) >= 11 is 0.936. The van der Waals surface area contributed by atoms with Crippen molar-refractivity contribution in [2.45, 2.75) is 19.9 Å². The smallest absolute Gasteiger partial charge is 0.350 e. The Kier molecular flexibility index (Phi) is 6.77. The van der Waals surface area contributed by atoms with Crippen molar-refractivity contribution in [3.8, 4) is 17.2 Å². The fourth-order valence-electron chi connectivity index (χ4n) is 4.43. The second-order valence-electron chi connectivity index (χ2n) is 8.40. The molecular weight excluding hydrogens is 512 g/mol. The van der Waals surface area contributed by atoms with E-state index < -0.39 is 29.5 Å².